The number of nitrogens with zero attached hydrogens (tertiary/aromatic N) is 1. The van der Waals surface area contributed by atoms with Crippen LogP contribution in [0.2, 0.25) is 0 Å². The third-order valence-electron chi connectivity index (χ3n) is 7.72. The van der Waals surface area contributed by atoms with Gasteiger partial charge in [0, 0.05) is 19.0 Å². The molecule has 0 radical (unpaired) electrons. The minimum Gasteiger partial charge on any atom is -0.497 e. The van der Waals surface area contributed by atoms with Crippen LogP contribution in [0.4, 0.5) is 0 Å². The summed E-state index contributed by atoms with van der Waals surface area (Å²) < 4.78 is 25.2. The predicted molar refractivity (Wildman–Crippen MR) is 166 cm³/mol. The zero-order chi connectivity index (χ0) is 31.1. The Kier molecular flexibility index (Phi) is 9.65. The quantitative estimate of drug-likeness (QED) is 0.207. The topological polar surface area (TPSA) is 112 Å². The van der Waals surface area contributed by atoms with E-state index in [4.69, 9.17) is 18.9 Å². The lowest BCUT2D eigenvalue weighted by atomic mass is 9.80. The fraction of sp³-hybridized carbons (Fsp3) is 0.314. The molecule has 3 aromatic carbocycles. The molecule has 5 rings (SSSR count). The summed E-state index contributed by atoms with van der Waals surface area (Å²) >= 11 is 0. The Hall–Kier alpha value is -4.62. The van der Waals surface area contributed by atoms with Crippen molar-refractivity contribution in [3.8, 4) is 23.3 Å². The van der Waals surface area contributed by atoms with Crippen LogP contribution in [-0.4, -0.2) is 47.7 Å². The highest BCUT2D eigenvalue weighted by Crippen LogP contribution is 2.42. The zero-order valence-corrected chi connectivity index (χ0v) is 25.0. The van der Waals surface area contributed by atoms with Gasteiger partial charge in [-0.15, -0.1) is 0 Å². The van der Waals surface area contributed by atoms with Gasteiger partial charge in [0.25, 0.3) is 5.56 Å². The molecule has 0 saturated carbocycles. The molecular weight excluding hydrogens is 560 g/mol. The number of hydrogen-bond acceptors (Lipinski definition) is 7. The number of aliphatic hydroxyl groups excluding tert-OH is 1. The third kappa shape index (κ3) is 6.33. The number of ether oxygens (including phenoxy) is 4. The maximum Gasteiger partial charge on any atom is 0.330 e. The lowest BCUT2D eigenvalue weighted by Gasteiger charge is -2.37. The van der Waals surface area contributed by atoms with Crippen LogP contribution in [0.15, 0.2) is 94.6 Å². The molecule has 2 N–H and O–H groups in total. The number of unbranched alkanes of at least 4 members (excludes halogenated alkanes) is 1. The maximum absolute atomic E-state index is 12.7. The molecule has 9 nitrogen and oxygen atoms in total. The van der Waals surface area contributed by atoms with E-state index in [9.17, 15) is 14.7 Å². The fourth-order valence-corrected chi connectivity index (χ4v) is 5.39. The molecular formula is C35H36N2O7. The Bertz CT molecular complexity index is 1670. The van der Waals surface area contributed by atoms with Crippen molar-refractivity contribution >= 4 is 0 Å². The second-order valence-corrected chi connectivity index (χ2v) is 10.5. The smallest absolute Gasteiger partial charge is 0.330 e. The monoisotopic (exact) mass is 596 g/mol. The van der Waals surface area contributed by atoms with E-state index in [2.05, 4.69) is 16.8 Å². The van der Waals surface area contributed by atoms with Crippen molar-refractivity contribution < 1.29 is 24.1 Å². The van der Waals surface area contributed by atoms with E-state index in [1.165, 1.54) is 10.8 Å². The lowest BCUT2D eigenvalue weighted by Crippen LogP contribution is -2.38. The zero-order valence-electron chi connectivity index (χ0n) is 25.0. The van der Waals surface area contributed by atoms with Crippen LogP contribution in [0.25, 0.3) is 0 Å². The van der Waals surface area contributed by atoms with Crippen LogP contribution < -0.4 is 20.7 Å². The summed E-state index contributed by atoms with van der Waals surface area (Å²) in [5.74, 6) is 7.17. The summed E-state index contributed by atoms with van der Waals surface area (Å²) in [5.41, 5.74) is 0.420. The number of rotatable bonds is 10. The van der Waals surface area contributed by atoms with Crippen molar-refractivity contribution in [1.29, 1.82) is 0 Å². The molecule has 1 aliphatic rings. The first-order valence-corrected chi connectivity index (χ1v) is 14.6. The Morgan fingerprint density at radius 2 is 1.52 bits per heavy atom. The van der Waals surface area contributed by atoms with E-state index in [-0.39, 0.29) is 18.6 Å². The van der Waals surface area contributed by atoms with Crippen LogP contribution in [0.5, 0.6) is 11.5 Å². The SMILES string of the molecule is CCCC#Cc1cn([C@@H]2CC(O)[C@H](COC(c3ccccc3)(c3ccc(OC)cc3)c3ccc(OC)cc3)O2)c(=O)[nH]c1=O. The van der Waals surface area contributed by atoms with Gasteiger partial charge in [-0.2, -0.15) is 0 Å². The number of aromatic nitrogens is 2. The molecule has 0 spiro atoms. The van der Waals surface area contributed by atoms with E-state index in [1.807, 2.05) is 85.8 Å². The van der Waals surface area contributed by atoms with Crippen LogP contribution >= 0.6 is 0 Å². The van der Waals surface area contributed by atoms with E-state index in [1.54, 1.807) is 14.2 Å². The standard InChI is InChI=1S/C35H36N2O7/c1-4-5-7-10-24-22-37(34(40)36-33(24)39)32-21-30(38)31(44-32)23-43-35(25-11-8-6-9-12-25,26-13-17-28(41-2)18-14-26)27-15-19-29(42-3)20-16-27/h6,8-9,11-20,22,30-32,38H,4-5,21,23H2,1-3H3,(H,36,39,40)/t30?,31-,32-/m0/s1. The molecule has 1 fully saturated rings. The van der Waals surface area contributed by atoms with Crippen molar-refractivity contribution in [2.75, 3.05) is 20.8 Å². The van der Waals surface area contributed by atoms with Gasteiger partial charge in [0.15, 0.2) is 0 Å². The van der Waals surface area contributed by atoms with Gasteiger partial charge in [-0.25, -0.2) is 4.79 Å². The molecule has 0 aliphatic carbocycles. The average molecular weight is 597 g/mol. The largest absolute Gasteiger partial charge is 0.497 e. The highest BCUT2D eigenvalue weighted by molar-refractivity contribution is 5.49. The van der Waals surface area contributed by atoms with Gasteiger partial charge >= 0.3 is 5.69 Å². The third-order valence-corrected chi connectivity index (χ3v) is 7.72. The van der Waals surface area contributed by atoms with Gasteiger partial charge in [-0.05, 0) is 47.4 Å². The molecule has 0 amide bonds. The fourth-order valence-electron chi connectivity index (χ4n) is 5.39. The highest BCUT2D eigenvalue weighted by atomic mass is 16.6. The van der Waals surface area contributed by atoms with Gasteiger partial charge in [-0.3, -0.25) is 14.3 Å². The number of methoxy groups -OCH3 is 2. The van der Waals surface area contributed by atoms with Crippen molar-refractivity contribution in [3.63, 3.8) is 0 Å². The van der Waals surface area contributed by atoms with Gasteiger partial charge in [-0.1, -0.05) is 73.4 Å². The van der Waals surface area contributed by atoms with E-state index < -0.39 is 35.3 Å². The van der Waals surface area contributed by atoms with Gasteiger partial charge in [0.05, 0.1) is 26.9 Å². The Morgan fingerprint density at radius 1 is 0.932 bits per heavy atom. The molecule has 9 heteroatoms. The lowest BCUT2D eigenvalue weighted by molar-refractivity contribution is -0.0944. The van der Waals surface area contributed by atoms with E-state index >= 15 is 0 Å². The molecule has 44 heavy (non-hydrogen) atoms. The average Bonchev–Trinajstić information content (AvgIpc) is 3.43. The van der Waals surface area contributed by atoms with E-state index in [0.717, 1.165) is 23.1 Å². The minimum absolute atomic E-state index is 0.00805. The van der Waals surface area contributed by atoms with Gasteiger partial charge in [0.2, 0.25) is 0 Å². The normalized spacial score (nSPS) is 18.0. The molecule has 1 unspecified atom stereocenters. The predicted octanol–water partition coefficient (Wildman–Crippen LogP) is 4.36. The molecule has 1 aliphatic heterocycles. The number of nitrogens with one attached hydrogen (secondary N) is 1. The van der Waals surface area contributed by atoms with Crippen LogP contribution in [-0.2, 0) is 15.1 Å². The number of hydrogen-bond donors (Lipinski definition) is 2. The van der Waals surface area contributed by atoms with E-state index in [0.29, 0.717) is 17.9 Å². The second-order valence-electron chi connectivity index (χ2n) is 10.5. The van der Waals surface area contributed by atoms with Crippen LogP contribution in [0.1, 0.15) is 54.7 Å². The number of H-pyrrole nitrogens is 1. The summed E-state index contributed by atoms with van der Waals surface area (Å²) in [6.07, 6.45) is 0.479. The maximum atomic E-state index is 12.7. The molecule has 1 aromatic heterocycles. The van der Waals surface area contributed by atoms with Crippen molar-refractivity contribution in [3.05, 3.63) is 128 Å². The second kappa shape index (κ2) is 13.8. The first-order chi connectivity index (χ1) is 21.4. The van der Waals surface area contributed by atoms with Gasteiger partial charge < -0.3 is 24.1 Å². The Labute approximate surface area is 256 Å². The molecule has 3 atom stereocenters. The number of benzene rings is 3. The van der Waals surface area contributed by atoms with Crippen molar-refractivity contribution in [1.82, 2.24) is 9.55 Å². The van der Waals surface area contributed by atoms with Gasteiger partial charge in [0.1, 0.15) is 35.0 Å². The molecule has 4 aromatic rings. The Morgan fingerprint density at radius 3 is 2.09 bits per heavy atom. The molecule has 228 valence electrons. The molecule has 1 saturated heterocycles. The number of aromatic amines is 1. The summed E-state index contributed by atoms with van der Waals surface area (Å²) in [5, 5.41) is 11.1. The first-order valence-electron chi connectivity index (χ1n) is 14.6. The molecule has 0 bridgehead atoms. The first kappa shape index (κ1) is 30.8. The van der Waals surface area contributed by atoms with Crippen molar-refractivity contribution in [2.24, 2.45) is 0 Å². The van der Waals surface area contributed by atoms with Crippen LogP contribution in [0.3, 0.4) is 0 Å². The summed E-state index contributed by atoms with van der Waals surface area (Å²) in [6.45, 7) is 1.98. The highest BCUT2D eigenvalue weighted by Gasteiger charge is 2.42. The minimum atomic E-state index is -1.10. The summed E-state index contributed by atoms with van der Waals surface area (Å²) in [7, 11) is 3.23. The van der Waals surface area contributed by atoms with Crippen LogP contribution in [0, 0.1) is 11.8 Å². The number of aliphatic hydroxyl groups is 1. The summed E-state index contributed by atoms with van der Waals surface area (Å²) in [6, 6.07) is 25.1. The van der Waals surface area contributed by atoms with Crippen molar-refractivity contribution in [2.45, 2.75) is 50.2 Å². The summed E-state index contributed by atoms with van der Waals surface area (Å²) in [4.78, 5) is 27.4. The molecule has 2 heterocycles. The Balaban J connectivity index is 1.50.